The van der Waals surface area contributed by atoms with Crippen LogP contribution in [-0.2, 0) is 18.3 Å². The Bertz CT molecular complexity index is 667. The molecule has 29 heavy (non-hydrogen) atoms. The largest absolute Gasteiger partial charge is 0.444 e. The standard InChI is InChI=1S/C20H38N6O2.HI/c1-9-12-26(19(27)28-20(5,6)7)13-11-22-18(21-10-2)23-14-17-15(3)24-25(8)16(17)4;/h9-14H2,1-8H3,(H2,21,22,23);1H. The molecule has 0 saturated carbocycles. The molecular formula is C20H39IN6O2. The number of nitrogens with zero attached hydrogens (tertiary/aromatic N) is 4. The van der Waals surface area contributed by atoms with Crippen LogP contribution in [0.2, 0.25) is 0 Å². The zero-order valence-corrected chi connectivity index (χ0v) is 21.6. The van der Waals surface area contributed by atoms with Crippen molar-refractivity contribution in [1.82, 2.24) is 25.3 Å². The molecule has 0 aliphatic rings. The summed E-state index contributed by atoms with van der Waals surface area (Å²) in [5.74, 6) is 0.728. The number of ether oxygens (including phenoxy) is 1. The number of guanidine groups is 1. The molecule has 1 aromatic rings. The molecule has 2 N–H and O–H groups in total. The molecule has 8 nitrogen and oxygen atoms in total. The summed E-state index contributed by atoms with van der Waals surface area (Å²) >= 11 is 0. The minimum absolute atomic E-state index is 0. The van der Waals surface area contributed by atoms with Crippen LogP contribution in [0.15, 0.2) is 4.99 Å². The van der Waals surface area contributed by atoms with Gasteiger partial charge in [-0.2, -0.15) is 5.10 Å². The molecule has 0 aliphatic heterocycles. The van der Waals surface area contributed by atoms with Crippen molar-refractivity contribution in [3.05, 3.63) is 17.0 Å². The molecule has 1 heterocycles. The Hall–Kier alpha value is -1.52. The molecule has 0 bridgehead atoms. The van der Waals surface area contributed by atoms with Gasteiger partial charge in [0.2, 0.25) is 0 Å². The van der Waals surface area contributed by atoms with E-state index in [1.165, 1.54) is 0 Å². The number of aliphatic imine (C=N–C) groups is 1. The number of rotatable bonds is 8. The third-order valence-electron chi connectivity index (χ3n) is 4.22. The Labute approximate surface area is 192 Å². The van der Waals surface area contributed by atoms with Crippen molar-refractivity contribution >= 4 is 36.0 Å². The second-order valence-corrected chi connectivity index (χ2v) is 7.86. The van der Waals surface area contributed by atoms with Gasteiger partial charge in [-0.15, -0.1) is 24.0 Å². The molecule has 1 aromatic heterocycles. The summed E-state index contributed by atoms with van der Waals surface area (Å²) in [4.78, 5) is 18.8. The summed E-state index contributed by atoms with van der Waals surface area (Å²) in [7, 11) is 1.94. The topological polar surface area (TPSA) is 83.8 Å². The van der Waals surface area contributed by atoms with Crippen molar-refractivity contribution in [1.29, 1.82) is 0 Å². The molecule has 0 unspecified atom stereocenters. The first-order chi connectivity index (χ1) is 13.1. The normalized spacial score (nSPS) is 11.7. The van der Waals surface area contributed by atoms with Crippen molar-refractivity contribution in [3.8, 4) is 0 Å². The average Bonchev–Trinajstić information content (AvgIpc) is 2.82. The molecule has 9 heteroatoms. The zero-order chi connectivity index (χ0) is 21.3. The number of hydrogen-bond donors (Lipinski definition) is 2. The van der Waals surface area contributed by atoms with E-state index in [4.69, 9.17) is 4.74 Å². The fourth-order valence-corrected chi connectivity index (χ4v) is 2.75. The predicted octanol–water partition coefficient (Wildman–Crippen LogP) is 3.36. The third-order valence-corrected chi connectivity index (χ3v) is 4.22. The Kier molecular flexibility index (Phi) is 12.2. The highest BCUT2D eigenvalue weighted by Crippen LogP contribution is 2.13. The molecule has 0 aliphatic carbocycles. The fraction of sp³-hybridized carbons (Fsp3) is 0.750. The zero-order valence-electron chi connectivity index (χ0n) is 19.3. The van der Waals surface area contributed by atoms with Gasteiger partial charge in [0, 0.05) is 44.5 Å². The number of carbonyl (C=O) groups excluding carboxylic acids is 1. The molecule has 0 aromatic carbocycles. The lowest BCUT2D eigenvalue weighted by atomic mass is 10.2. The Morgan fingerprint density at radius 3 is 2.34 bits per heavy atom. The molecule has 0 saturated heterocycles. The van der Waals surface area contributed by atoms with Gasteiger partial charge in [-0.3, -0.25) is 4.68 Å². The van der Waals surface area contributed by atoms with Crippen LogP contribution in [0.1, 0.15) is 58.0 Å². The molecule has 1 rings (SSSR count). The van der Waals surface area contributed by atoms with Crippen molar-refractivity contribution < 1.29 is 9.53 Å². The number of amides is 1. The molecule has 0 atom stereocenters. The third kappa shape index (κ3) is 9.68. The average molecular weight is 522 g/mol. The van der Waals surface area contributed by atoms with Crippen LogP contribution in [0.5, 0.6) is 0 Å². The lowest BCUT2D eigenvalue weighted by Crippen LogP contribution is -2.44. The fourth-order valence-electron chi connectivity index (χ4n) is 2.75. The van der Waals surface area contributed by atoms with Crippen molar-refractivity contribution in [3.63, 3.8) is 0 Å². The molecule has 168 valence electrons. The Morgan fingerprint density at radius 1 is 1.21 bits per heavy atom. The van der Waals surface area contributed by atoms with E-state index in [2.05, 4.69) is 34.6 Å². The SMILES string of the molecule is CCCN(CCNC(=NCc1c(C)nn(C)c1C)NCC)C(=O)OC(C)(C)C.I. The van der Waals surface area contributed by atoms with E-state index in [-0.39, 0.29) is 30.1 Å². The molecule has 0 fully saturated rings. The molecular weight excluding hydrogens is 483 g/mol. The van der Waals surface area contributed by atoms with E-state index < -0.39 is 5.60 Å². The maximum Gasteiger partial charge on any atom is 0.410 e. The maximum absolute atomic E-state index is 12.4. The van der Waals surface area contributed by atoms with Gasteiger partial charge in [-0.25, -0.2) is 9.79 Å². The van der Waals surface area contributed by atoms with Gasteiger partial charge in [-0.05, 0) is 48.0 Å². The summed E-state index contributed by atoms with van der Waals surface area (Å²) in [6.07, 6.45) is 0.604. The quantitative estimate of drug-likeness (QED) is 0.311. The summed E-state index contributed by atoms with van der Waals surface area (Å²) in [6, 6.07) is 0. The monoisotopic (exact) mass is 522 g/mol. The van der Waals surface area contributed by atoms with Gasteiger partial charge in [-0.1, -0.05) is 6.92 Å². The maximum atomic E-state index is 12.4. The summed E-state index contributed by atoms with van der Waals surface area (Å²) in [5, 5.41) is 11.0. The van der Waals surface area contributed by atoms with E-state index in [0.717, 1.165) is 35.9 Å². The number of halogens is 1. The Morgan fingerprint density at radius 2 is 1.86 bits per heavy atom. The van der Waals surface area contributed by atoms with E-state index in [1.54, 1.807) is 4.90 Å². The molecule has 0 radical (unpaired) electrons. The van der Waals surface area contributed by atoms with Gasteiger partial charge < -0.3 is 20.3 Å². The van der Waals surface area contributed by atoms with Crippen LogP contribution < -0.4 is 10.6 Å². The first-order valence-corrected chi connectivity index (χ1v) is 10.1. The summed E-state index contributed by atoms with van der Waals surface area (Å²) in [6.45, 7) is 16.9. The van der Waals surface area contributed by atoms with Gasteiger partial charge in [0.15, 0.2) is 5.96 Å². The molecule has 0 spiro atoms. The van der Waals surface area contributed by atoms with Crippen molar-refractivity contribution in [2.75, 3.05) is 26.2 Å². The smallest absolute Gasteiger partial charge is 0.410 e. The summed E-state index contributed by atoms with van der Waals surface area (Å²) < 4.78 is 7.37. The first-order valence-electron chi connectivity index (χ1n) is 10.1. The Balaban J connectivity index is 0.00000784. The van der Waals surface area contributed by atoms with Crippen LogP contribution in [0.25, 0.3) is 0 Å². The highest BCUT2D eigenvalue weighted by molar-refractivity contribution is 14.0. The van der Waals surface area contributed by atoms with E-state index >= 15 is 0 Å². The van der Waals surface area contributed by atoms with Crippen LogP contribution in [0.4, 0.5) is 4.79 Å². The number of aromatic nitrogens is 2. The van der Waals surface area contributed by atoms with Crippen LogP contribution >= 0.6 is 24.0 Å². The van der Waals surface area contributed by atoms with Crippen LogP contribution in [0, 0.1) is 13.8 Å². The molecule has 1 amide bonds. The number of carbonyl (C=O) groups is 1. The second-order valence-electron chi connectivity index (χ2n) is 7.86. The predicted molar refractivity (Wildman–Crippen MR) is 129 cm³/mol. The lowest BCUT2D eigenvalue weighted by Gasteiger charge is -2.27. The van der Waals surface area contributed by atoms with Gasteiger partial charge in [0.25, 0.3) is 0 Å². The van der Waals surface area contributed by atoms with Gasteiger partial charge in [0.05, 0.1) is 12.2 Å². The van der Waals surface area contributed by atoms with E-state index in [1.807, 2.05) is 46.3 Å². The minimum atomic E-state index is -0.494. The number of nitrogens with one attached hydrogen (secondary N) is 2. The highest BCUT2D eigenvalue weighted by atomic mass is 127. The second kappa shape index (κ2) is 12.9. The number of aryl methyl sites for hydroxylation is 2. The number of hydrogen-bond acceptors (Lipinski definition) is 4. The van der Waals surface area contributed by atoms with Crippen LogP contribution in [0.3, 0.4) is 0 Å². The van der Waals surface area contributed by atoms with Crippen LogP contribution in [-0.4, -0.2) is 58.5 Å². The lowest BCUT2D eigenvalue weighted by molar-refractivity contribution is 0.0253. The summed E-state index contributed by atoms with van der Waals surface area (Å²) in [5.41, 5.74) is 2.77. The van der Waals surface area contributed by atoms with Crippen molar-refractivity contribution in [2.24, 2.45) is 12.0 Å². The van der Waals surface area contributed by atoms with Gasteiger partial charge >= 0.3 is 6.09 Å². The van der Waals surface area contributed by atoms with E-state index in [0.29, 0.717) is 26.2 Å². The first kappa shape index (κ1) is 27.5. The highest BCUT2D eigenvalue weighted by Gasteiger charge is 2.21. The van der Waals surface area contributed by atoms with Crippen molar-refractivity contribution in [2.45, 2.75) is 67.0 Å². The minimum Gasteiger partial charge on any atom is -0.444 e. The van der Waals surface area contributed by atoms with Gasteiger partial charge in [0.1, 0.15) is 5.60 Å². The van der Waals surface area contributed by atoms with E-state index in [9.17, 15) is 4.79 Å².